The average Bonchev–Trinajstić information content (AvgIpc) is 2.58. The maximum atomic E-state index is 12.8. The van der Waals surface area contributed by atoms with Crippen molar-refractivity contribution in [2.45, 2.75) is 6.42 Å². The Morgan fingerprint density at radius 3 is 2.48 bits per heavy atom. The summed E-state index contributed by atoms with van der Waals surface area (Å²) in [5.41, 5.74) is -0.0673. The van der Waals surface area contributed by atoms with Gasteiger partial charge in [0.25, 0.3) is 0 Å². The number of carboxylic acid groups (broad SMARTS) is 1. The van der Waals surface area contributed by atoms with Crippen molar-refractivity contribution in [3.8, 4) is 28.4 Å². The predicted octanol–water partition coefficient (Wildman–Crippen LogP) is 2.51. The fourth-order valence-corrected chi connectivity index (χ4v) is 2.59. The third-order valence-electron chi connectivity index (χ3n) is 3.85. The number of hydrogen-bond acceptors (Lipinski definition) is 6. The topological polar surface area (TPSA) is 117 Å². The van der Waals surface area contributed by atoms with E-state index >= 15 is 0 Å². The van der Waals surface area contributed by atoms with Crippen molar-refractivity contribution in [1.82, 2.24) is 0 Å². The molecule has 0 fully saturated rings. The van der Waals surface area contributed by atoms with E-state index in [9.17, 15) is 19.8 Å². The molecule has 0 aliphatic heterocycles. The van der Waals surface area contributed by atoms with E-state index in [0.29, 0.717) is 11.3 Å². The first-order valence-electron chi connectivity index (χ1n) is 7.28. The van der Waals surface area contributed by atoms with Crippen LogP contribution in [0.5, 0.6) is 17.2 Å². The highest BCUT2D eigenvalue weighted by atomic mass is 16.5. The molecule has 0 saturated carbocycles. The highest BCUT2D eigenvalue weighted by molar-refractivity contribution is 5.91. The van der Waals surface area contributed by atoms with Gasteiger partial charge < -0.3 is 24.5 Å². The molecule has 0 amide bonds. The number of hydrogen-bond donors (Lipinski definition) is 3. The first kappa shape index (κ1) is 16.4. The Labute approximate surface area is 141 Å². The molecule has 3 rings (SSSR count). The van der Waals surface area contributed by atoms with E-state index < -0.39 is 29.3 Å². The van der Waals surface area contributed by atoms with Gasteiger partial charge in [-0.1, -0.05) is 12.1 Å². The Kier molecular flexibility index (Phi) is 4.06. The van der Waals surface area contributed by atoms with Gasteiger partial charge in [0, 0.05) is 11.6 Å². The number of carboxylic acids is 1. The van der Waals surface area contributed by atoms with Crippen LogP contribution in [-0.4, -0.2) is 28.4 Å². The van der Waals surface area contributed by atoms with Crippen molar-refractivity contribution < 1.29 is 29.3 Å². The van der Waals surface area contributed by atoms with Gasteiger partial charge in [-0.3, -0.25) is 9.59 Å². The number of phenols is 2. The molecule has 0 saturated heterocycles. The number of benzene rings is 2. The second-order valence-corrected chi connectivity index (χ2v) is 5.37. The summed E-state index contributed by atoms with van der Waals surface area (Å²) >= 11 is 0. The van der Waals surface area contributed by atoms with Crippen molar-refractivity contribution in [1.29, 1.82) is 0 Å². The van der Waals surface area contributed by atoms with Crippen molar-refractivity contribution in [3.63, 3.8) is 0 Å². The van der Waals surface area contributed by atoms with Crippen molar-refractivity contribution in [2.24, 2.45) is 0 Å². The van der Waals surface area contributed by atoms with Crippen LogP contribution >= 0.6 is 0 Å². The van der Waals surface area contributed by atoms with E-state index in [1.54, 1.807) is 24.3 Å². The fraction of sp³-hybridized carbons (Fsp3) is 0.111. The largest absolute Gasteiger partial charge is 0.507 e. The van der Waals surface area contributed by atoms with Crippen molar-refractivity contribution in [3.05, 3.63) is 52.4 Å². The van der Waals surface area contributed by atoms with Crippen LogP contribution < -0.4 is 10.2 Å². The van der Waals surface area contributed by atoms with E-state index in [1.165, 1.54) is 13.4 Å². The normalized spacial score (nSPS) is 10.8. The van der Waals surface area contributed by atoms with E-state index in [0.717, 1.165) is 6.07 Å². The van der Waals surface area contributed by atoms with E-state index in [2.05, 4.69) is 0 Å². The molecule has 0 aliphatic carbocycles. The molecular formula is C18H14O7. The number of rotatable bonds is 4. The summed E-state index contributed by atoms with van der Waals surface area (Å²) in [5, 5.41) is 28.9. The third kappa shape index (κ3) is 2.87. The molecule has 7 nitrogen and oxygen atoms in total. The molecule has 3 N–H and O–H groups in total. The zero-order chi connectivity index (χ0) is 18.1. The van der Waals surface area contributed by atoms with Gasteiger partial charge in [-0.25, -0.2) is 0 Å². The molecule has 0 aliphatic rings. The summed E-state index contributed by atoms with van der Waals surface area (Å²) < 4.78 is 10.4. The van der Waals surface area contributed by atoms with Crippen molar-refractivity contribution >= 4 is 16.9 Å². The molecule has 0 spiro atoms. The first-order chi connectivity index (χ1) is 11.9. The molecule has 0 bridgehead atoms. The van der Waals surface area contributed by atoms with Gasteiger partial charge in [-0.05, 0) is 17.7 Å². The summed E-state index contributed by atoms with van der Waals surface area (Å²) in [5.74, 6) is -1.68. The minimum absolute atomic E-state index is 0.0357. The van der Waals surface area contributed by atoms with Crippen LogP contribution in [0.25, 0.3) is 22.1 Å². The molecule has 1 aromatic heterocycles. The van der Waals surface area contributed by atoms with Gasteiger partial charge in [0.1, 0.15) is 34.5 Å². The Balaban J connectivity index is 2.24. The summed E-state index contributed by atoms with van der Waals surface area (Å²) in [6, 6.07) is 7.78. The number of aliphatic carboxylic acids is 1. The number of fused-ring (bicyclic) bond motifs is 1. The first-order valence-corrected chi connectivity index (χ1v) is 7.28. The Hall–Kier alpha value is -3.48. The Morgan fingerprint density at radius 2 is 1.88 bits per heavy atom. The summed E-state index contributed by atoms with van der Waals surface area (Å²) in [4.78, 5) is 23.7. The van der Waals surface area contributed by atoms with Gasteiger partial charge in [0.05, 0.1) is 19.1 Å². The van der Waals surface area contributed by atoms with Gasteiger partial charge in [0.2, 0.25) is 5.43 Å². The molecule has 25 heavy (non-hydrogen) atoms. The van der Waals surface area contributed by atoms with Gasteiger partial charge >= 0.3 is 5.97 Å². The minimum Gasteiger partial charge on any atom is -0.507 e. The van der Waals surface area contributed by atoms with Crippen molar-refractivity contribution in [2.75, 3.05) is 7.11 Å². The zero-order valence-corrected chi connectivity index (χ0v) is 13.1. The zero-order valence-electron chi connectivity index (χ0n) is 13.1. The van der Waals surface area contributed by atoms with Gasteiger partial charge in [-0.2, -0.15) is 0 Å². The molecule has 2 aromatic carbocycles. The molecule has 128 valence electrons. The molecule has 0 radical (unpaired) electrons. The van der Waals surface area contributed by atoms with E-state index in [-0.39, 0.29) is 22.1 Å². The maximum Gasteiger partial charge on any atom is 0.308 e. The number of ether oxygens (including phenoxy) is 1. The van der Waals surface area contributed by atoms with Gasteiger partial charge in [0.15, 0.2) is 0 Å². The minimum atomic E-state index is -1.25. The lowest BCUT2D eigenvalue weighted by Crippen LogP contribution is -2.07. The highest BCUT2D eigenvalue weighted by Crippen LogP contribution is 2.35. The Morgan fingerprint density at radius 1 is 1.20 bits per heavy atom. The smallest absolute Gasteiger partial charge is 0.308 e. The molecule has 0 atom stereocenters. The van der Waals surface area contributed by atoms with Gasteiger partial charge in [-0.15, -0.1) is 0 Å². The molecule has 1 heterocycles. The van der Waals surface area contributed by atoms with Crippen LogP contribution in [0, 0.1) is 0 Å². The fourth-order valence-electron chi connectivity index (χ4n) is 2.59. The molecule has 0 unspecified atom stereocenters. The van der Waals surface area contributed by atoms with Crippen LogP contribution in [-0.2, 0) is 11.2 Å². The third-order valence-corrected chi connectivity index (χ3v) is 3.85. The highest BCUT2D eigenvalue weighted by Gasteiger charge is 2.20. The quantitative estimate of drug-likeness (QED) is 0.667. The summed E-state index contributed by atoms with van der Waals surface area (Å²) in [6.07, 6.45) is 0.599. The molecule has 7 heteroatoms. The van der Waals surface area contributed by atoms with E-state index in [1.807, 2.05) is 0 Å². The second-order valence-electron chi connectivity index (χ2n) is 5.37. The number of methoxy groups -OCH3 is 1. The average molecular weight is 342 g/mol. The number of carbonyl (C=O) groups is 1. The second kappa shape index (κ2) is 6.20. The van der Waals surface area contributed by atoms with E-state index in [4.69, 9.17) is 14.3 Å². The Bertz CT molecular complexity index is 1020. The lowest BCUT2D eigenvalue weighted by molar-refractivity contribution is -0.136. The lowest BCUT2D eigenvalue weighted by atomic mass is 10.0. The lowest BCUT2D eigenvalue weighted by Gasteiger charge is -2.09. The standard InChI is InChI=1S/C18H14O7/c1-24-10-4-2-9(3-5-10)12-8-25-14-7-13(19)11(6-15(20)21)17(22)16(14)18(12)23/h2-5,7-8,19,22H,6H2,1H3,(H,20,21). The predicted molar refractivity (Wildman–Crippen MR) is 89.1 cm³/mol. The SMILES string of the molecule is COc1ccc(-c2coc3cc(O)c(CC(=O)O)c(O)c3c2=O)cc1. The van der Waals surface area contributed by atoms with Crippen LogP contribution in [0.15, 0.2) is 45.8 Å². The van der Waals surface area contributed by atoms with Crippen LogP contribution in [0.3, 0.4) is 0 Å². The van der Waals surface area contributed by atoms with Crippen LogP contribution in [0.4, 0.5) is 0 Å². The van der Waals surface area contributed by atoms with Crippen LogP contribution in [0.1, 0.15) is 5.56 Å². The maximum absolute atomic E-state index is 12.8. The summed E-state index contributed by atoms with van der Waals surface area (Å²) in [6.45, 7) is 0. The monoisotopic (exact) mass is 342 g/mol. The number of phenolic OH excluding ortho intramolecular Hbond substituents is 2. The summed E-state index contributed by atoms with van der Waals surface area (Å²) in [7, 11) is 1.52. The molecule has 3 aromatic rings. The molecular weight excluding hydrogens is 328 g/mol. The number of aromatic hydroxyl groups is 2. The van der Waals surface area contributed by atoms with Crippen LogP contribution in [0.2, 0.25) is 0 Å².